The highest BCUT2D eigenvalue weighted by Crippen LogP contribution is 2.44. The molecule has 9 rings (SSSR count). The first-order valence-corrected chi connectivity index (χ1v) is 24.5. The number of hydrogen-bond acceptors (Lipinski definition) is 4. The Morgan fingerprint density at radius 1 is 0.386 bits per heavy atom. The van der Waals surface area contributed by atoms with Crippen molar-refractivity contribution in [2.24, 2.45) is 0 Å². The molecule has 0 aromatic heterocycles. The number of ether oxygens (including phenoxy) is 2. The van der Waals surface area contributed by atoms with E-state index in [4.69, 9.17) is 18.8 Å². The van der Waals surface area contributed by atoms with E-state index in [0.29, 0.717) is 0 Å². The molecule has 1 aliphatic heterocycles. The van der Waals surface area contributed by atoms with Gasteiger partial charge in [0.15, 0.2) is 0 Å². The van der Waals surface area contributed by atoms with Crippen molar-refractivity contribution in [3.63, 3.8) is 0 Å². The van der Waals surface area contributed by atoms with Gasteiger partial charge in [-0.2, -0.15) is 0 Å². The monoisotopic (exact) mass is 927 g/mol. The largest absolute Gasteiger partial charge is 0.497 e. The van der Waals surface area contributed by atoms with Crippen LogP contribution in [0.2, 0.25) is 0 Å². The molecule has 1 heterocycles. The predicted molar refractivity (Wildman–Crippen MR) is 297 cm³/mol. The molecular weight excluding hydrogens is 856 g/mol. The summed E-state index contributed by atoms with van der Waals surface area (Å²) in [6.45, 7) is 24.1. The van der Waals surface area contributed by atoms with E-state index in [9.17, 15) is 0 Å². The molecule has 0 saturated carbocycles. The SMILES string of the molecule is COc1ccc(-c2c(-c3ccccc3)cc(C(C)(C)C)cc2-c2ccccc2)cc1.COc1ccc(B2OC(C)(C)C(C)(C)O2)cc1.Cc1c(-c2ccccc2)cc(C(C)(C)C)cc1-c1ccccc1. The molecule has 0 atom stereocenters. The van der Waals surface area contributed by atoms with Gasteiger partial charge in [0.2, 0.25) is 0 Å². The summed E-state index contributed by atoms with van der Waals surface area (Å²) in [5.74, 6) is 1.71. The summed E-state index contributed by atoms with van der Waals surface area (Å²) in [6, 6.07) is 68.4. The van der Waals surface area contributed by atoms with Gasteiger partial charge in [0.1, 0.15) is 11.5 Å². The first-order valence-electron chi connectivity index (χ1n) is 24.5. The average Bonchev–Trinajstić information content (AvgIpc) is 3.59. The van der Waals surface area contributed by atoms with Crippen LogP contribution in [0.25, 0.3) is 55.6 Å². The van der Waals surface area contributed by atoms with Gasteiger partial charge in [-0.25, -0.2) is 0 Å². The van der Waals surface area contributed by atoms with Crippen LogP contribution in [0.3, 0.4) is 0 Å². The fourth-order valence-corrected chi connectivity index (χ4v) is 8.56. The summed E-state index contributed by atoms with van der Waals surface area (Å²) in [7, 11) is 3.06. The number of hydrogen-bond donors (Lipinski definition) is 0. The minimum absolute atomic E-state index is 0.0471. The molecule has 8 aromatic rings. The van der Waals surface area contributed by atoms with Crippen LogP contribution < -0.4 is 14.9 Å². The lowest BCUT2D eigenvalue weighted by molar-refractivity contribution is 0.00578. The standard InChI is InChI=1S/C29H28O.C23H24.C13H19BO3/c1-29(2,3)24-19-26(21-11-7-5-8-12-21)28(23-15-17-25(30-4)18-16-23)27(20-24)22-13-9-6-10-14-22;1-17-21(18-11-7-5-8-12-18)15-20(23(2,3)4)16-22(17)19-13-9-6-10-14-19;1-12(2)13(3,4)17-14(16-12)10-6-8-11(15-5)9-7-10/h5-20H,1-4H3;5-16H,1-4H3;6-9H,1-5H3. The van der Waals surface area contributed by atoms with Gasteiger partial charge in [0.25, 0.3) is 0 Å². The molecule has 8 aromatic carbocycles. The smallest absolute Gasteiger partial charge is 0.494 e. The minimum atomic E-state index is -0.300. The fraction of sp³-hybridized carbons (Fsp3) is 0.262. The van der Waals surface area contributed by atoms with Crippen LogP contribution in [0.1, 0.15) is 85.9 Å². The summed E-state index contributed by atoms with van der Waals surface area (Å²) in [5.41, 5.74) is 17.3. The Morgan fingerprint density at radius 2 is 0.686 bits per heavy atom. The molecule has 0 spiro atoms. The van der Waals surface area contributed by atoms with Crippen molar-refractivity contribution in [3.05, 3.63) is 211 Å². The maximum Gasteiger partial charge on any atom is 0.494 e. The van der Waals surface area contributed by atoms with E-state index in [0.717, 1.165) is 17.0 Å². The zero-order valence-electron chi connectivity index (χ0n) is 43.7. The van der Waals surface area contributed by atoms with Crippen molar-refractivity contribution in [1.29, 1.82) is 0 Å². The van der Waals surface area contributed by atoms with Crippen molar-refractivity contribution < 1.29 is 18.8 Å². The van der Waals surface area contributed by atoms with Gasteiger partial charge in [-0.1, -0.05) is 199 Å². The number of benzene rings is 8. The van der Waals surface area contributed by atoms with Crippen LogP contribution in [0, 0.1) is 6.92 Å². The summed E-state index contributed by atoms with van der Waals surface area (Å²) < 4.78 is 22.5. The fourth-order valence-electron chi connectivity index (χ4n) is 8.56. The Hall–Kier alpha value is -6.66. The van der Waals surface area contributed by atoms with Gasteiger partial charge in [-0.3, -0.25) is 0 Å². The molecule has 0 radical (unpaired) electrons. The zero-order valence-corrected chi connectivity index (χ0v) is 43.7. The van der Waals surface area contributed by atoms with Crippen molar-refractivity contribution in [2.75, 3.05) is 14.2 Å². The van der Waals surface area contributed by atoms with Crippen LogP contribution in [-0.4, -0.2) is 32.5 Å². The predicted octanol–water partition coefficient (Wildman–Crippen LogP) is 16.6. The number of rotatable bonds is 8. The molecule has 0 aliphatic carbocycles. The van der Waals surface area contributed by atoms with Crippen molar-refractivity contribution in [1.82, 2.24) is 0 Å². The summed E-state index contributed by atoms with van der Waals surface area (Å²) >= 11 is 0. The van der Waals surface area contributed by atoms with Crippen LogP contribution in [-0.2, 0) is 20.1 Å². The van der Waals surface area contributed by atoms with E-state index in [-0.39, 0.29) is 29.2 Å². The van der Waals surface area contributed by atoms with Gasteiger partial charge >= 0.3 is 7.12 Å². The van der Waals surface area contributed by atoms with E-state index in [1.165, 1.54) is 72.3 Å². The lowest BCUT2D eigenvalue weighted by atomic mass is 9.79. The molecule has 358 valence electrons. The van der Waals surface area contributed by atoms with Crippen molar-refractivity contribution in [2.45, 2.75) is 98.2 Å². The highest BCUT2D eigenvalue weighted by atomic mass is 16.7. The maximum absolute atomic E-state index is 5.96. The summed E-state index contributed by atoms with van der Waals surface area (Å²) in [5, 5.41) is 0. The molecule has 0 unspecified atom stereocenters. The van der Waals surface area contributed by atoms with Crippen molar-refractivity contribution >= 4 is 12.6 Å². The molecular formula is C65H71BO4. The second-order valence-electron chi connectivity index (χ2n) is 21.2. The Bertz CT molecular complexity index is 2790. The van der Waals surface area contributed by atoms with Crippen LogP contribution in [0.15, 0.2) is 194 Å². The third kappa shape index (κ3) is 12.0. The molecule has 1 aliphatic rings. The first-order chi connectivity index (χ1) is 33.3. The Morgan fingerprint density at radius 3 is 1.00 bits per heavy atom. The quantitative estimate of drug-likeness (QED) is 0.142. The molecule has 5 heteroatoms. The lowest BCUT2D eigenvalue weighted by Crippen LogP contribution is -2.41. The average molecular weight is 927 g/mol. The molecule has 0 N–H and O–H groups in total. The maximum atomic E-state index is 5.96. The van der Waals surface area contributed by atoms with Gasteiger partial charge in [0.05, 0.1) is 25.4 Å². The second kappa shape index (κ2) is 21.5. The van der Waals surface area contributed by atoms with E-state index in [1.807, 2.05) is 36.4 Å². The van der Waals surface area contributed by atoms with Gasteiger partial charge in [-0.05, 0) is 160 Å². The molecule has 1 saturated heterocycles. The van der Waals surface area contributed by atoms with E-state index < -0.39 is 0 Å². The second-order valence-corrected chi connectivity index (χ2v) is 21.2. The third-order valence-corrected chi connectivity index (χ3v) is 13.6. The molecule has 0 amide bonds. The van der Waals surface area contributed by atoms with E-state index in [1.54, 1.807) is 14.2 Å². The Balaban J connectivity index is 0.000000161. The molecule has 0 bridgehead atoms. The first kappa shape index (κ1) is 51.2. The Kier molecular flexibility index (Phi) is 15.8. The van der Waals surface area contributed by atoms with Crippen molar-refractivity contribution in [3.8, 4) is 67.1 Å². The van der Waals surface area contributed by atoms with Gasteiger partial charge in [0, 0.05) is 0 Å². The van der Waals surface area contributed by atoms with Crippen LogP contribution in [0.4, 0.5) is 0 Å². The topological polar surface area (TPSA) is 36.9 Å². The number of methoxy groups -OCH3 is 2. The Labute approximate surface area is 419 Å². The minimum Gasteiger partial charge on any atom is -0.497 e. The zero-order chi connectivity index (χ0) is 50.3. The summed E-state index contributed by atoms with van der Waals surface area (Å²) in [6.07, 6.45) is 0. The third-order valence-electron chi connectivity index (χ3n) is 13.6. The van der Waals surface area contributed by atoms with Crippen LogP contribution in [0.5, 0.6) is 11.5 Å². The van der Waals surface area contributed by atoms with Gasteiger partial charge < -0.3 is 18.8 Å². The molecule has 70 heavy (non-hydrogen) atoms. The lowest BCUT2D eigenvalue weighted by Gasteiger charge is -2.32. The van der Waals surface area contributed by atoms with E-state index in [2.05, 4.69) is 234 Å². The van der Waals surface area contributed by atoms with E-state index >= 15 is 0 Å². The summed E-state index contributed by atoms with van der Waals surface area (Å²) in [4.78, 5) is 0. The highest BCUT2D eigenvalue weighted by molar-refractivity contribution is 6.62. The van der Waals surface area contributed by atoms with Crippen LogP contribution >= 0.6 is 0 Å². The molecule has 4 nitrogen and oxygen atoms in total. The normalized spacial score (nSPS) is 13.9. The van der Waals surface area contributed by atoms with Gasteiger partial charge in [-0.15, -0.1) is 0 Å². The molecule has 1 fully saturated rings. The highest BCUT2D eigenvalue weighted by Gasteiger charge is 2.51.